The van der Waals surface area contributed by atoms with E-state index in [1.807, 2.05) is 0 Å². The van der Waals surface area contributed by atoms with Crippen LogP contribution in [0.3, 0.4) is 0 Å². The number of amides is 1. The number of carbonyl (C=O) groups excluding carboxylic acids is 1. The summed E-state index contributed by atoms with van der Waals surface area (Å²) in [4.78, 5) is 23.0. The highest BCUT2D eigenvalue weighted by molar-refractivity contribution is 5.80. The number of ether oxygens (including phenoxy) is 3. The standard InChI is InChI=1S/C14H25NO6/c1-9(20-10-7-5-6-8-19-10)11(12(16)17)15-13(18)21-14(2,3)4/h9-11H,5-8H2,1-4H3,(H,15,18)(H,16,17)/t9-,10?,11-/m0/s1. The summed E-state index contributed by atoms with van der Waals surface area (Å²) in [6, 6.07) is -1.19. The lowest BCUT2D eigenvalue weighted by Crippen LogP contribution is -2.51. The summed E-state index contributed by atoms with van der Waals surface area (Å²) in [7, 11) is 0. The summed E-state index contributed by atoms with van der Waals surface area (Å²) in [5, 5.41) is 11.6. The molecule has 0 spiro atoms. The highest BCUT2D eigenvalue weighted by Crippen LogP contribution is 2.17. The lowest BCUT2D eigenvalue weighted by molar-refractivity contribution is -0.193. The summed E-state index contributed by atoms with van der Waals surface area (Å²) in [5.41, 5.74) is -0.691. The van der Waals surface area contributed by atoms with Crippen LogP contribution < -0.4 is 5.32 Å². The Bertz CT molecular complexity index is 359. The quantitative estimate of drug-likeness (QED) is 0.805. The predicted octanol–water partition coefficient (Wildman–Crippen LogP) is 1.90. The Morgan fingerprint density at radius 3 is 2.48 bits per heavy atom. The lowest BCUT2D eigenvalue weighted by Gasteiger charge is -2.29. The molecular formula is C14H25NO6. The van der Waals surface area contributed by atoms with Crippen molar-refractivity contribution in [1.82, 2.24) is 5.32 Å². The Morgan fingerprint density at radius 1 is 1.33 bits per heavy atom. The van der Waals surface area contributed by atoms with Crippen molar-refractivity contribution in [3.05, 3.63) is 0 Å². The Balaban J connectivity index is 2.55. The first-order valence-electron chi connectivity index (χ1n) is 7.18. The fourth-order valence-electron chi connectivity index (χ4n) is 1.95. The number of nitrogens with one attached hydrogen (secondary N) is 1. The second-order valence-electron chi connectivity index (χ2n) is 6.10. The van der Waals surface area contributed by atoms with Gasteiger partial charge in [0.2, 0.25) is 0 Å². The van der Waals surface area contributed by atoms with Gasteiger partial charge in [-0.05, 0) is 47.0 Å². The minimum absolute atomic E-state index is 0.420. The minimum atomic E-state index is -1.19. The number of carbonyl (C=O) groups is 2. The molecule has 7 nitrogen and oxygen atoms in total. The molecule has 0 radical (unpaired) electrons. The van der Waals surface area contributed by atoms with Gasteiger partial charge in [-0.1, -0.05) is 0 Å². The van der Waals surface area contributed by atoms with E-state index in [2.05, 4.69) is 5.32 Å². The molecule has 1 unspecified atom stereocenters. The van der Waals surface area contributed by atoms with Crippen LogP contribution in [-0.2, 0) is 19.0 Å². The second kappa shape index (κ2) is 7.61. The minimum Gasteiger partial charge on any atom is -0.480 e. The summed E-state index contributed by atoms with van der Waals surface area (Å²) in [6.45, 7) is 7.32. The first kappa shape index (κ1) is 17.7. The van der Waals surface area contributed by atoms with Gasteiger partial charge < -0.3 is 24.6 Å². The number of rotatable bonds is 5. The van der Waals surface area contributed by atoms with Crippen molar-refractivity contribution in [1.29, 1.82) is 0 Å². The van der Waals surface area contributed by atoms with Crippen molar-refractivity contribution in [2.45, 2.75) is 71.0 Å². The molecular weight excluding hydrogens is 278 g/mol. The van der Waals surface area contributed by atoms with Crippen LogP contribution in [0.15, 0.2) is 0 Å². The fourth-order valence-corrected chi connectivity index (χ4v) is 1.95. The molecule has 1 fully saturated rings. The average Bonchev–Trinajstić information content (AvgIpc) is 2.34. The monoisotopic (exact) mass is 303 g/mol. The maximum Gasteiger partial charge on any atom is 0.408 e. The molecule has 0 aromatic rings. The number of carboxylic acids is 1. The molecule has 2 N–H and O–H groups in total. The van der Waals surface area contributed by atoms with Crippen molar-refractivity contribution in [2.75, 3.05) is 6.61 Å². The zero-order chi connectivity index (χ0) is 16.0. The van der Waals surface area contributed by atoms with E-state index >= 15 is 0 Å². The van der Waals surface area contributed by atoms with Crippen LogP contribution in [0, 0.1) is 0 Å². The number of hydrogen-bond acceptors (Lipinski definition) is 5. The van der Waals surface area contributed by atoms with Crippen LogP contribution in [-0.4, -0.2) is 47.8 Å². The third-order valence-corrected chi connectivity index (χ3v) is 2.91. The molecule has 0 saturated carbocycles. The molecule has 1 amide bonds. The molecule has 21 heavy (non-hydrogen) atoms. The molecule has 0 aromatic carbocycles. The van der Waals surface area contributed by atoms with Crippen molar-refractivity contribution in [3.63, 3.8) is 0 Å². The third kappa shape index (κ3) is 6.77. The smallest absolute Gasteiger partial charge is 0.408 e. The Kier molecular flexibility index (Phi) is 6.42. The Hall–Kier alpha value is -1.34. The average molecular weight is 303 g/mol. The van der Waals surface area contributed by atoms with Crippen LogP contribution in [0.25, 0.3) is 0 Å². The molecule has 7 heteroatoms. The van der Waals surface area contributed by atoms with Gasteiger partial charge in [0, 0.05) is 6.61 Å². The van der Waals surface area contributed by atoms with E-state index in [-0.39, 0.29) is 0 Å². The SMILES string of the molecule is C[C@H](OC1CCCCO1)[C@H](NC(=O)OC(C)(C)C)C(=O)O. The zero-order valence-corrected chi connectivity index (χ0v) is 13.0. The summed E-state index contributed by atoms with van der Waals surface area (Å²) < 4.78 is 16.0. The molecule has 1 aliphatic heterocycles. The van der Waals surface area contributed by atoms with E-state index in [9.17, 15) is 14.7 Å². The molecule has 1 saturated heterocycles. The van der Waals surface area contributed by atoms with E-state index in [0.717, 1.165) is 19.3 Å². The summed E-state index contributed by atoms with van der Waals surface area (Å²) in [5.74, 6) is -1.18. The van der Waals surface area contributed by atoms with E-state index in [1.54, 1.807) is 27.7 Å². The molecule has 0 aromatic heterocycles. The molecule has 0 bridgehead atoms. The highest BCUT2D eigenvalue weighted by Gasteiger charge is 2.31. The number of alkyl carbamates (subject to hydrolysis) is 1. The topological polar surface area (TPSA) is 94.1 Å². The molecule has 0 aliphatic carbocycles. The first-order valence-corrected chi connectivity index (χ1v) is 7.18. The van der Waals surface area contributed by atoms with Crippen molar-refractivity contribution in [3.8, 4) is 0 Å². The van der Waals surface area contributed by atoms with E-state index < -0.39 is 36.1 Å². The summed E-state index contributed by atoms with van der Waals surface area (Å²) in [6.07, 6.45) is 0.758. The van der Waals surface area contributed by atoms with E-state index in [0.29, 0.717) is 6.61 Å². The van der Waals surface area contributed by atoms with Gasteiger partial charge in [0.05, 0.1) is 6.10 Å². The van der Waals surface area contributed by atoms with Gasteiger partial charge >= 0.3 is 12.1 Å². The normalized spacial score (nSPS) is 22.2. The van der Waals surface area contributed by atoms with Crippen molar-refractivity contribution in [2.24, 2.45) is 0 Å². The van der Waals surface area contributed by atoms with Gasteiger partial charge in [0.1, 0.15) is 5.60 Å². The number of carboxylic acid groups (broad SMARTS) is 1. The van der Waals surface area contributed by atoms with Gasteiger partial charge in [-0.3, -0.25) is 0 Å². The zero-order valence-electron chi connectivity index (χ0n) is 13.0. The predicted molar refractivity (Wildman–Crippen MR) is 74.9 cm³/mol. The van der Waals surface area contributed by atoms with Gasteiger partial charge in [-0.15, -0.1) is 0 Å². The van der Waals surface area contributed by atoms with Crippen LogP contribution in [0.4, 0.5) is 4.79 Å². The fraction of sp³-hybridized carbons (Fsp3) is 0.857. The Labute approximate surface area is 124 Å². The molecule has 122 valence electrons. The number of aliphatic carboxylic acids is 1. The molecule has 1 heterocycles. The lowest BCUT2D eigenvalue weighted by atomic mass is 10.1. The van der Waals surface area contributed by atoms with Crippen molar-refractivity contribution < 1.29 is 28.9 Å². The second-order valence-corrected chi connectivity index (χ2v) is 6.10. The van der Waals surface area contributed by atoms with Gasteiger partial charge in [0.25, 0.3) is 0 Å². The largest absolute Gasteiger partial charge is 0.480 e. The van der Waals surface area contributed by atoms with Crippen LogP contribution in [0.1, 0.15) is 47.0 Å². The number of hydrogen-bond donors (Lipinski definition) is 2. The molecule has 1 aliphatic rings. The van der Waals surface area contributed by atoms with Crippen LogP contribution in [0.2, 0.25) is 0 Å². The molecule has 1 rings (SSSR count). The van der Waals surface area contributed by atoms with E-state index in [4.69, 9.17) is 14.2 Å². The Morgan fingerprint density at radius 2 is 2.00 bits per heavy atom. The molecule has 3 atom stereocenters. The van der Waals surface area contributed by atoms with Crippen molar-refractivity contribution >= 4 is 12.1 Å². The van der Waals surface area contributed by atoms with Gasteiger partial charge in [0.15, 0.2) is 12.3 Å². The maximum absolute atomic E-state index is 11.7. The highest BCUT2D eigenvalue weighted by atomic mass is 16.7. The van der Waals surface area contributed by atoms with Crippen LogP contribution in [0.5, 0.6) is 0 Å². The van der Waals surface area contributed by atoms with Gasteiger partial charge in [-0.2, -0.15) is 0 Å². The van der Waals surface area contributed by atoms with E-state index in [1.165, 1.54) is 0 Å². The maximum atomic E-state index is 11.7. The third-order valence-electron chi connectivity index (χ3n) is 2.91. The first-order chi connectivity index (χ1) is 9.69. The van der Waals surface area contributed by atoms with Gasteiger partial charge in [-0.25, -0.2) is 9.59 Å². The van der Waals surface area contributed by atoms with Crippen LogP contribution >= 0.6 is 0 Å². The summed E-state index contributed by atoms with van der Waals surface area (Å²) >= 11 is 0.